The molecule has 2 N–H and O–H groups in total. The summed E-state index contributed by atoms with van der Waals surface area (Å²) in [5.74, 6) is 2.05. The van der Waals surface area contributed by atoms with Gasteiger partial charge in [0.25, 0.3) is 0 Å². The van der Waals surface area contributed by atoms with Crippen molar-refractivity contribution in [3.8, 4) is 5.82 Å². The molecule has 0 radical (unpaired) electrons. The number of nitrogens with two attached hydrogens (primary N) is 1. The third-order valence-corrected chi connectivity index (χ3v) is 3.37. The average Bonchev–Trinajstić information content (AvgIpc) is 2.87. The van der Waals surface area contributed by atoms with Crippen molar-refractivity contribution in [2.45, 2.75) is 13.5 Å². The molecule has 0 aliphatic heterocycles. The van der Waals surface area contributed by atoms with Gasteiger partial charge in [-0.2, -0.15) is 9.78 Å². The highest BCUT2D eigenvalue weighted by atomic mass is 15.3. The molecule has 0 saturated heterocycles. The smallest absolute Gasteiger partial charge is 0.161 e. The first kappa shape index (κ1) is 14.1. The highest BCUT2D eigenvalue weighted by Gasteiger charge is 2.09. The Labute approximate surface area is 129 Å². The highest BCUT2D eigenvalue weighted by molar-refractivity contribution is 5.46. The van der Waals surface area contributed by atoms with Gasteiger partial charge >= 0.3 is 0 Å². The largest absolute Gasteiger partial charge is 0.384 e. The van der Waals surface area contributed by atoms with Crippen LogP contribution in [0.1, 0.15) is 11.3 Å². The molecule has 0 atom stereocenters. The first-order valence-corrected chi connectivity index (χ1v) is 7.03. The summed E-state index contributed by atoms with van der Waals surface area (Å²) in [5.41, 5.74) is 8.03. The zero-order valence-corrected chi connectivity index (χ0v) is 12.6. The Hall–Kier alpha value is -2.89. The molecule has 6 nitrogen and oxygen atoms in total. The molecular formula is C16H18N6. The zero-order chi connectivity index (χ0) is 15.5. The molecule has 2 aromatic heterocycles. The maximum Gasteiger partial charge on any atom is 0.161 e. The summed E-state index contributed by atoms with van der Waals surface area (Å²) < 4.78 is 1.62. The normalized spacial score (nSPS) is 10.6. The zero-order valence-electron chi connectivity index (χ0n) is 12.6. The number of aromatic nitrogens is 4. The summed E-state index contributed by atoms with van der Waals surface area (Å²) in [4.78, 5) is 10.6. The van der Waals surface area contributed by atoms with Gasteiger partial charge in [0.2, 0.25) is 0 Å². The second-order valence-corrected chi connectivity index (χ2v) is 5.20. The first-order chi connectivity index (χ1) is 10.6. The maximum atomic E-state index is 5.95. The molecule has 2 heterocycles. The SMILES string of the molecule is Cc1cc(N)n(-c2cc(N(C)Cc3ccccc3)ncn2)n1. The first-order valence-electron chi connectivity index (χ1n) is 7.03. The van der Waals surface area contributed by atoms with Crippen LogP contribution < -0.4 is 10.6 Å². The number of nitrogen functional groups attached to an aromatic ring is 1. The Kier molecular flexibility index (Phi) is 3.74. The number of anilines is 2. The molecule has 0 aliphatic carbocycles. The minimum absolute atomic E-state index is 0.563. The van der Waals surface area contributed by atoms with E-state index in [9.17, 15) is 0 Å². The van der Waals surface area contributed by atoms with Crippen LogP contribution in [0.15, 0.2) is 48.8 Å². The monoisotopic (exact) mass is 294 g/mol. The van der Waals surface area contributed by atoms with Crippen molar-refractivity contribution in [2.24, 2.45) is 0 Å². The summed E-state index contributed by atoms with van der Waals surface area (Å²) >= 11 is 0. The van der Waals surface area contributed by atoms with Crippen LogP contribution in [0.2, 0.25) is 0 Å². The van der Waals surface area contributed by atoms with Gasteiger partial charge in [-0.15, -0.1) is 0 Å². The fraction of sp³-hybridized carbons (Fsp3) is 0.188. The van der Waals surface area contributed by atoms with Crippen LogP contribution in [0, 0.1) is 6.92 Å². The topological polar surface area (TPSA) is 72.9 Å². The lowest BCUT2D eigenvalue weighted by Crippen LogP contribution is -2.18. The van der Waals surface area contributed by atoms with Crippen molar-refractivity contribution >= 4 is 11.6 Å². The Bertz CT molecular complexity index is 765. The lowest BCUT2D eigenvalue weighted by atomic mass is 10.2. The molecule has 0 spiro atoms. The van der Waals surface area contributed by atoms with E-state index in [0.717, 1.165) is 18.1 Å². The Balaban J connectivity index is 1.86. The summed E-state index contributed by atoms with van der Waals surface area (Å²) in [6.45, 7) is 2.67. The highest BCUT2D eigenvalue weighted by Crippen LogP contribution is 2.17. The van der Waals surface area contributed by atoms with Crippen LogP contribution >= 0.6 is 0 Å². The van der Waals surface area contributed by atoms with Crippen LogP contribution in [0.25, 0.3) is 5.82 Å². The fourth-order valence-electron chi connectivity index (χ4n) is 2.30. The van der Waals surface area contributed by atoms with Gasteiger partial charge < -0.3 is 10.6 Å². The van der Waals surface area contributed by atoms with Crippen molar-refractivity contribution in [1.82, 2.24) is 19.7 Å². The van der Waals surface area contributed by atoms with Gasteiger partial charge in [0.1, 0.15) is 18.0 Å². The van der Waals surface area contributed by atoms with Crippen molar-refractivity contribution in [3.05, 3.63) is 60.0 Å². The predicted octanol–water partition coefficient (Wildman–Crippen LogP) is 2.19. The molecule has 6 heteroatoms. The summed E-state index contributed by atoms with van der Waals surface area (Å²) in [7, 11) is 2.00. The van der Waals surface area contributed by atoms with E-state index in [0.29, 0.717) is 11.6 Å². The van der Waals surface area contributed by atoms with E-state index in [2.05, 4.69) is 32.1 Å². The van der Waals surface area contributed by atoms with Crippen LogP contribution in [0.5, 0.6) is 0 Å². The Morgan fingerprint density at radius 3 is 2.59 bits per heavy atom. The molecular weight excluding hydrogens is 276 g/mol. The van der Waals surface area contributed by atoms with Gasteiger partial charge in [0.05, 0.1) is 5.69 Å². The number of rotatable bonds is 4. The molecule has 0 aliphatic rings. The second kappa shape index (κ2) is 5.85. The molecule has 0 amide bonds. The predicted molar refractivity (Wildman–Crippen MR) is 86.9 cm³/mol. The van der Waals surface area contributed by atoms with E-state index in [1.165, 1.54) is 11.9 Å². The van der Waals surface area contributed by atoms with Gasteiger partial charge in [-0.25, -0.2) is 9.97 Å². The van der Waals surface area contributed by atoms with E-state index in [-0.39, 0.29) is 0 Å². The maximum absolute atomic E-state index is 5.95. The summed E-state index contributed by atoms with van der Waals surface area (Å²) in [6, 6.07) is 13.9. The molecule has 0 bridgehead atoms. The fourth-order valence-corrected chi connectivity index (χ4v) is 2.30. The van der Waals surface area contributed by atoms with E-state index in [1.54, 1.807) is 4.68 Å². The molecule has 0 saturated carbocycles. The van der Waals surface area contributed by atoms with Crippen LogP contribution in [-0.4, -0.2) is 26.8 Å². The van der Waals surface area contributed by atoms with Crippen molar-refractivity contribution < 1.29 is 0 Å². The molecule has 3 aromatic rings. The van der Waals surface area contributed by atoms with Crippen molar-refractivity contribution in [2.75, 3.05) is 17.7 Å². The standard InChI is InChI=1S/C16H18N6/c1-12-8-14(17)22(20-12)16-9-15(18-11-19-16)21(2)10-13-6-4-3-5-7-13/h3-9,11H,10,17H2,1-2H3. The molecule has 0 unspecified atom stereocenters. The second-order valence-electron chi connectivity index (χ2n) is 5.20. The summed E-state index contributed by atoms with van der Waals surface area (Å²) in [5, 5.41) is 4.35. The molecule has 112 valence electrons. The van der Waals surface area contributed by atoms with Gasteiger partial charge in [0, 0.05) is 25.7 Å². The van der Waals surface area contributed by atoms with Crippen molar-refractivity contribution in [3.63, 3.8) is 0 Å². The minimum atomic E-state index is 0.563. The summed E-state index contributed by atoms with van der Waals surface area (Å²) in [6.07, 6.45) is 1.53. The van der Waals surface area contributed by atoms with Gasteiger partial charge in [-0.1, -0.05) is 30.3 Å². The lowest BCUT2D eigenvalue weighted by molar-refractivity contribution is 0.823. The average molecular weight is 294 g/mol. The number of aryl methyl sites for hydroxylation is 1. The minimum Gasteiger partial charge on any atom is -0.384 e. The molecule has 1 aromatic carbocycles. The van der Waals surface area contributed by atoms with Crippen molar-refractivity contribution in [1.29, 1.82) is 0 Å². The van der Waals surface area contributed by atoms with E-state index < -0.39 is 0 Å². The van der Waals surface area contributed by atoms with E-state index in [1.807, 2.05) is 44.3 Å². The van der Waals surface area contributed by atoms with Gasteiger partial charge in [0.15, 0.2) is 5.82 Å². The number of nitrogens with zero attached hydrogens (tertiary/aromatic N) is 5. The molecule has 22 heavy (non-hydrogen) atoms. The Morgan fingerprint density at radius 1 is 1.14 bits per heavy atom. The lowest BCUT2D eigenvalue weighted by Gasteiger charge is -2.18. The van der Waals surface area contributed by atoms with Crippen LogP contribution in [-0.2, 0) is 6.54 Å². The molecule has 3 rings (SSSR count). The Morgan fingerprint density at radius 2 is 1.91 bits per heavy atom. The number of hydrogen-bond donors (Lipinski definition) is 1. The van der Waals surface area contributed by atoms with Gasteiger partial charge in [-0.3, -0.25) is 0 Å². The van der Waals surface area contributed by atoms with Crippen LogP contribution in [0.3, 0.4) is 0 Å². The third kappa shape index (κ3) is 2.90. The number of hydrogen-bond acceptors (Lipinski definition) is 5. The van der Waals surface area contributed by atoms with E-state index in [4.69, 9.17) is 5.73 Å². The quantitative estimate of drug-likeness (QED) is 0.798. The third-order valence-electron chi connectivity index (χ3n) is 3.37. The van der Waals surface area contributed by atoms with Gasteiger partial charge in [-0.05, 0) is 12.5 Å². The van der Waals surface area contributed by atoms with Crippen LogP contribution in [0.4, 0.5) is 11.6 Å². The number of benzene rings is 1. The molecule has 0 fully saturated rings. The van der Waals surface area contributed by atoms with E-state index >= 15 is 0 Å².